The smallest absolute Gasteiger partial charge is 0.314 e. The van der Waals surface area contributed by atoms with Gasteiger partial charge in [0.2, 0.25) is 0 Å². The van der Waals surface area contributed by atoms with Crippen LogP contribution in [0.15, 0.2) is 37.4 Å². The second kappa shape index (κ2) is 9.26. The summed E-state index contributed by atoms with van der Waals surface area (Å²) >= 11 is 0. The lowest BCUT2D eigenvalue weighted by Crippen LogP contribution is -2.31. The van der Waals surface area contributed by atoms with E-state index in [1.54, 1.807) is 0 Å². The van der Waals surface area contributed by atoms with E-state index in [0.29, 0.717) is 35.1 Å². The van der Waals surface area contributed by atoms with Gasteiger partial charge in [-0.25, -0.2) is 0 Å². The number of fused-ring (bicyclic) bond motifs is 6. The standard InChI is InChI=1S/C12H12N4O4.C12H13N3O2/c1-15-3-2-6-7(5-15)9(16(19)20)4-8-10(6)14-12(18)11(17)13-8;1-15-5-4-8-7(6-15)2-3-9-10(8)14-12(17)11(16)13-9/h4H,2-3,5H2,1H3,(H,13,17)(H,14,18);2-3H,4-6H2,1H3,(H,13,16)(H,14,17). The van der Waals surface area contributed by atoms with Crippen molar-refractivity contribution < 1.29 is 4.92 Å². The molecule has 0 radical (unpaired) electrons. The fourth-order valence-corrected chi connectivity index (χ4v) is 5.02. The summed E-state index contributed by atoms with van der Waals surface area (Å²) in [5.41, 5.74) is 3.22. The van der Waals surface area contributed by atoms with Gasteiger partial charge in [-0.15, -0.1) is 0 Å². The first-order valence-corrected chi connectivity index (χ1v) is 11.7. The van der Waals surface area contributed by atoms with Gasteiger partial charge in [-0.3, -0.25) is 29.3 Å². The molecule has 0 unspecified atom stereocenters. The summed E-state index contributed by atoms with van der Waals surface area (Å²) in [5, 5.41) is 11.2. The number of nitrogens with one attached hydrogen (secondary N) is 4. The zero-order valence-electron chi connectivity index (χ0n) is 20.3. The van der Waals surface area contributed by atoms with E-state index in [-0.39, 0.29) is 5.69 Å². The van der Waals surface area contributed by atoms with E-state index in [4.69, 9.17) is 0 Å². The number of hydrogen-bond donors (Lipinski definition) is 4. The molecule has 2 aliphatic heterocycles. The summed E-state index contributed by atoms with van der Waals surface area (Å²) in [5.74, 6) is 0. The molecule has 37 heavy (non-hydrogen) atoms. The predicted molar refractivity (Wildman–Crippen MR) is 137 cm³/mol. The fraction of sp³-hybridized carbons (Fsp3) is 0.333. The van der Waals surface area contributed by atoms with E-state index in [1.165, 1.54) is 11.6 Å². The highest BCUT2D eigenvalue weighted by atomic mass is 16.6. The molecule has 2 aromatic heterocycles. The van der Waals surface area contributed by atoms with Crippen LogP contribution in [0.3, 0.4) is 0 Å². The van der Waals surface area contributed by atoms with E-state index in [1.807, 2.05) is 24.1 Å². The molecule has 6 rings (SSSR count). The van der Waals surface area contributed by atoms with Crippen LogP contribution in [0.4, 0.5) is 5.69 Å². The minimum atomic E-state index is -0.806. The fourth-order valence-electron chi connectivity index (χ4n) is 5.02. The predicted octanol–water partition coefficient (Wildman–Crippen LogP) is 0.317. The van der Waals surface area contributed by atoms with Crippen molar-refractivity contribution in [1.29, 1.82) is 0 Å². The Balaban J connectivity index is 0.000000153. The zero-order chi connectivity index (χ0) is 26.4. The van der Waals surface area contributed by atoms with E-state index in [0.717, 1.165) is 42.7 Å². The number of nitro groups is 1. The van der Waals surface area contributed by atoms with Crippen LogP contribution < -0.4 is 22.2 Å². The van der Waals surface area contributed by atoms with E-state index >= 15 is 0 Å². The molecule has 13 nitrogen and oxygen atoms in total. The molecule has 2 aromatic carbocycles. The van der Waals surface area contributed by atoms with Crippen molar-refractivity contribution in [2.45, 2.75) is 25.9 Å². The van der Waals surface area contributed by atoms with Gasteiger partial charge in [0.05, 0.1) is 27.0 Å². The molecule has 0 bridgehead atoms. The van der Waals surface area contributed by atoms with E-state index < -0.39 is 27.2 Å². The monoisotopic (exact) mass is 507 g/mol. The Hall–Kier alpha value is -4.36. The molecule has 4 aromatic rings. The minimum Gasteiger partial charge on any atom is -0.316 e. The molecule has 4 heterocycles. The van der Waals surface area contributed by atoms with Crippen LogP contribution in [0, 0.1) is 10.1 Å². The van der Waals surface area contributed by atoms with Crippen molar-refractivity contribution >= 4 is 27.8 Å². The molecule has 0 fully saturated rings. The van der Waals surface area contributed by atoms with Crippen molar-refractivity contribution in [3.05, 3.63) is 92.0 Å². The number of nitro benzene ring substituents is 1. The molecule has 192 valence electrons. The molecular weight excluding hydrogens is 482 g/mol. The first-order valence-electron chi connectivity index (χ1n) is 11.7. The van der Waals surface area contributed by atoms with Crippen LogP contribution in [0.5, 0.6) is 0 Å². The molecule has 0 amide bonds. The van der Waals surface area contributed by atoms with Crippen LogP contribution in [0.1, 0.15) is 22.3 Å². The summed E-state index contributed by atoms with van der Waals surface area (Å²) in [4.78, 5) is 70.6. The third kappa shape index (κ3) is 4.49. The van der Waals surface area contributed by atoms with Crippen molar-refractivity contribution in [1.82, 2.24) is 29.7 Å². The van der Waals surface area contributed by atoms with Gasteiger partial charge in [0.15, 0.2) is 0 Å². The summed E-state index contributed by atoms with van der Waals surface area (Å²) in [6, 6.07) is 5.18. The quantitative estimate of drug-likeness (QED) is 0.161. The first kappa shape index (κ1) is 24.3. The Morgan fingerprint density at radius 3 is 1.92 bits per heavy atom. The van der Waals surface area contributed by atoms with Gasteiger partial charge >= 0.3 is 22.2 Å². The van der Waals surface area contributed by atoms with Gasteiger partial charge in [-0.1, -0.05) is 6.07 Å². The van der Waals surface area contributed by atoms with Gasteiger partial charge < -0.3 is 29.7 Å². The van der Waals surface area contributed by atoms with Crippen LogP contribution in [0.25, 0.3) is 22.1 Å². The maximum absolute atomic E-state index is 11.5. The van der Waals surface area contributed by atoms with Crippen LogP contribution in [-0.2, 0) is 25.9 Å². The highest BCUT2D eigenvalue weighted by Crippen LogP contribution is 2.32. The average Bonchev–Trinajstić information content (AvgIpc) is 2.85. The van der Waals surface area contributed by atoms with Crippen LogP contribution >= 0.6 is 0 Å². The first-order chi connectivity index (χ1) is 17.6. The van der Waals surface area contributed by atoms with Gasteiger partial charge in [-0.05, 0) is 49.7 Å². The minimum absolute atomic E-state index is 0.0262. The maximum Gasteiger partial charge on any atom is 0.314 e. The highest BCUT2D eigenvalue weighted by Gasteiger charge is 2.26. The van der Waals surface area contributed by atoms with Crippen molar-refractivity contribution in [2.75, 3.05) is 27.2 Å². The Labute approximate surface area is 207 Å². The second-order valence-electron chi connectivity index (χ2n) is 9.45. The SMILES string of the molecule is CN1CCc2c(c([N+](=O)[O-])cc3[nH]c(=O)c(=O)[nH]c23)C1.CN1CCc2c(ccc3[nH]c(=O)c(=O)[nH]c23)C1. The largest absolute Gasteiger partial charge is 0.316 e. The second-order valence-corrected chi connectivity index (χ2v) is 9.45. The van der Waals surface area contributed by atoms with Crippen molar-refractivity contribution in [2.24, 2.45) is 0 Å². The summed E-state index contributed by atoms with van der Waals surface area (Å²) in [7, 11) is 3.95. The number of H-pyrrole nitrogens is 4. The number of aromatic amines is 4. The zero-order valence-corrected chi connectivity index (χ0v) is 20.3. The number of benzene rings is 2. The van der Waals surface area contributed by atoms with E-state index in [9.17, 15) is 29.3 Å². The molecular formula is C24H25N7O6. The molecule has 0 atom stereocenters. The van der Waals surface area contributed by atoms with Gasteiger partial charge in [0, 0.05) is 37.8 Å². The number of nitrogens with zero attached hydrogens (tertiary/aromatic N) is 3. The molecule has 13 heteroatoms. The molecule has 4 N–H and O–H groups in total. The number of likely N-dealkylation sites (N-methyl/N-ethyl adjacent to an activating group) is 2. The lowest BCUT2D eigenvalue weighted by molar-refractivity contribution is -0.385. The lowest BCUT2D eigenvalue weighted by Gasteiger charge is -2.25. The molecule has 0 spiro atoms. The average molecular weight is 508 g/mol. The van der Waals surface area contributed by atoms with Gasteiger partial charge in [0.1, 0.15) is 0 Å². The Morgan fingerprint density at radius 1 is 0.730 bits per heavy atom. The third-order valence-corrected chi connectivity index (χ3v) is 6.87. The van der Waals surface area contributed by atoms with Crippen molar-refractivity contribution in [3.8, 4) is 0 Å². The maximum atomic E-state index is 11.5. The summed E-state index contributed by atoms with van der Waals surface area (Å²) < 4.78 is 0. The molecule has 2 aliphatic rings. The Bertz CT molecular complexity index is 1800. The Morgan fingerprint density at radius 2 is 1.27 bits per heavy atom. The topological polar surface area (TPSA) is 181 Å². The van der Waals surface area contributed by atoms with Crippen LogP contribution in [0.2, 0.25) is 0 Å². The van der Waals surface area contributed by atoms with Gasteiger partial charge in [0.25, 0.3) is 5.69 Å². The summed E-state index contributed by atoms with van der Waals surface area (Å²) in [6.07, 6.45) is 1.48. The normalized spacial score (nSPS) is 15.6. The van der Waals surface area contributed by atoms with Gasteiger partial charge in [-0.2, -0.15) is 0 Å². The van der Waals surface area contributed by atoms with E-state index in [2.05, 4.69) is 31.9 Å². The molecule has 0 saturated carbocycles. The van der Waals surface area contributed by atoms with Crippen LogP contribution in [-0.4, -0.2) is 61.8 Å². The summed E-state index contributed by atoms with van der Waals surface area (Å²) in [6.45, 7) is 3.03. The lowest BCUT2D eigenvalue weighted by atomic mass is 9.96. The molecule has 0 aliphatic carbocycles. The number of aromatic nitrogens is 4. The highest BCUT2D eigenvalue weighted by molar-refractivity contribution is 5.83. The van der Waals surface area contributed by atoms with Crippen molar-refractivity contribution in [3.63, 3.8) is 0 Å². The number of hydrogen-bond acceptors (Lipinski definition) is 8. The number of rotatable bonds is 1. The third-order valence-electron chi connectivity index (χ3n) is 6.87. The Kier molecular flexibility index (Phi) is 6.09. The molecule has 0 saturated heterocycles.